The molecular weight excluding hydrogens is 364 g/mol. The van der Waals surface area contributed by atoms with E-state index in [1.807, 2.05) is 0 Å². The van der Waals surface area contributed by atoms with Gasteiger partial charge < -0.3 is 10.1 Å². The van der Waals surface area contributed by atoms with Gasteiger partial charge in [0.25, 0.3) is 5.91 Å². The number of benzene rings is 1. The van der Waals surface area contributed by atoms with Crippen LogP contribution in [0.2, 0.25) is 5.02 Å². The first-order valence-electron chi connectivity index (χ1n) is 9.43. The van der Waals surface area contributed by atoms with Gasteiger partial charge in [-0.1, -0.05) is 31.4 Å². The van der Waals surface area contributed by atoms with Crippen molar-refractivity contribution < 1.29 is 14.3 Å². The largest absolute Gasteiger partial charge is 0.449 e. The summed E-state index contributed by atoms with van der Waals surface area (Å²) in [6, 6.07) is 7.17. The van der Waals surface area contributed by atoms with Crippen molar-refractivity contribution in [3.63, 3.8) is 0 Å². The number of ether oxygens (including phenoxy) is 1. The van der Waals surface area contributed by atoms with Crippen molar-refractivity contribution in [3.8, 4) is 0 Å². The van der Waals surface area contributed by atoms with Gasteiger partial charge in [-0.25, -0.2) is 4.79 Å². The fourth-order valence-electron chi connectivity index (χ4n) is 3.56. The number of aromatic nitrogens is 1. The van der Waals surface area contributed by atoms with Crippen LogP contribution in [0.25, 0.3) is 10.9 Å². The quantitative estimate of drug-likeness (QED) is 0.786. The Kier molecular flexibility index (Phi) is 6.00. The third kappa shape index (κ3) is 4.59. The summed E-state index contributed by atoms with van der Waals surface area (Å²) in [4.78, 5) is 29.5. The molecule has 1 aliphatic rings. The average Bonchev–Trinajstić information content (AvgIpc) is 2.63. The number of nitrogens with zero attached hydrogens (tertiary/aromatic N) is 1. The molecule has 1 saturated carbocycles. The van der Waals surface area contributed by atoms with E-state index in [9.17, 15) is 9.59 Å². The van der Waals surface area contributed by atoms with Crippen LogP contribution in [0.4, 0.5) is 0 Å². The van der Waals surface area contributed by atoms with Gasteiger partial charge in [0.15, 0.2) is 6.10 Å². The second kappa shape index (κ2) is 8.26. The number of halogens is 1. The number of hydrogen-bond donors (Lipinski definition) is 1. The van der Waals surface area contributed by atoms with Crippen LogP contribution in [-0.2, 0) is 9.53 Å². The summed E-state index contributed by atoms with van der Waals surface area (Å²) >= 11 is 6.02. The molecule has 1 N–H and O–H groups in total. The highest BCUT2D eigenvalue weighted by molar-refractivity contribution is 6.31. The molecule has 0 saturated heterocycles. The van der Waals surface area contributed by atoms with Crippen LogP contribution >= 0.6 is 11.6 Å². The summed E-state index contributed by atoms with van der Waals surface area (Å²) in [5.74, 6) is -0.361. The number of rotatable bonds is 4. The van der Waals surface area contributed by atoms with E-state index >= 15 is 0 Å². The van der Waals surface area contributed by atoms with Gasteiger partial charge in [-0.05, 0) is 56.9 Å². The van der Waals surface area contributed by atoms with Gasteiger partial charge in [0.1, 0.15) is 0 Å². The second-order valence-electron chi connectivity index (χ2n) is 7.38. The lowest BCUT2D eigenvalue weighted by Gasteiger charge is -2.30. The Morgan fingerprint density at radius 1 is 1.26 bits per heavy atom. The zero-order valence-corrected chi connectivity index (χ0v) is 16.7. The average molecular weight is 389 g/mol. The van der Waals surface area contributed by atoms with E-state index in [0.29, 0.717) is 22.2 Å². The normalized spacial score (nSPS) is 20.9. The summed E-state index contributed by atoms with van der Waals surface area (Å²) in [6.45, 7) is 5.50. The van der Waals surface area contributed by atoms with Crippen molar-refractivity contribution in [2.75, 3.05) is 0 Å². The number of aryl methyl sites for hydroxylation is 1. The van der Waals surface area contributed by atoms with E-state index in [0.717, 1.165) is 30.2 Å². The molecular formula is C21H25ClN2O3. The summed E-state index contributed by atoms with van der Waals surface area (Å²) in [6.07, 6.45) is 3.55. The summed E-state index contributed by atoms with van der Waals surface area (Å²) in [7, 11) is 0. The predicted octanol–water partition coefficient (Wildman–Crippen LogP) is 4.44. The molecule has 1 heterocycles. The number of fused-ring (bicyclic) bond motifs is 1. The highest BCUT2D eigenvalue weighted by Crippen LogP contribution is 2.24. The lowest BCUT2D eigenvalue weighted by Crippen LogP contribution is -2.46. The van der Waals surface area contributed by atoms with Crippen LogP contribution in [0.5, 0.6) is 0 Å². The number of hydrogen-bond acceptors (Lipinski definition) is 4. The van der Waals surface area contributed by atoms with Crippen molar-refractivity contribution in [2.45, 2.75) is 58.6 Å². The zero-order valence-electron chi connectivity index (χ0n) is 15.9. The third-order valence-corrected chi connectivity index (χ3v) is 5.51. The smallest absolute Gasteiger partial charge is 0.340 e. The van der Waals surface area contributed by atoms with Crippen LogP contribution in [0.1, 0.15) is 55.6 Å². The second-order valence-corrected chi connectivity index (χ2v) is 7.82. The molecule has 3 rings (SSSR count). The van der Waals surface area contributed by atoms with E-state index in [1.54, 1.807) is 38.1 Å². The zero-order chi connectivity index (χ0) is 19.6. The Balaban J connectivity index is 1.69. The number of pyridine rings is 1. The van der Waals surface area contributed by atoms with E-state index in [-0.39, 0.29) is 11.9 Å². The van der Waals surface area contributed by atoms with Gasteiger partial charge in [0, 0.05) is 16.5 Å². The van der Waals surface area contributed by atoms with Crippen LogP contribution in [0.15, 0.2) is 24.3 Å². The van der Waals surface area contributed by atoms with Crippen molar-refractivity contribution in [1.29, 1.82) is 0 Å². The Morgan fingerprint density at radius 2 is 2.00 bits per heavy atom. The maximum absolute atomic E-state index is 12.6. The van der Waals surface area contributed by atoms with Gasteiger partial charge in [0.05, 0.1) is 16.8 Å². The summed E-state index contributed by atoms with van der Waals surface area (Å²) in [5.41, 5.74) is 1.66. The van der Waals surface area contributed by atoms with Crippen LogP contribution in [-0.4, -0.2) is 29.0 Å². The van der Waals surface area contributed by atoms with E-state index < -0.39 is 12.1 Å². The number of amides is 1. The van der Waals surface area contributed by atoms with E-state index in [4.69, 9.17) is 16.3 Å². The van der Waals surface area contributed by atoms with Crippen LogP contribution in [0.3, 0.4) is 0 Å². The molecule has 5 nitrogen and oxygen atoms in total. The van der Waals surface area contributed by atoms with Crippen molar-refractivity contribution in [2.24, 2.45) is 5.92 Å². The van der Waals surface area contributed by atoms with Gasteiger partial charge >= 0.3 is 5.97 Å². The molecule has 6 heteroatoms. The number of carbonyl (C=O) groups excluding carboxylic acids is 2. The molecule has 3 unspecified atom stereocenters. The van der Waals surface area contributed by atoms with Crippen molar-refractivity contribution in [1.82, 2.24) is 10.3 Å². The Labute approximate surface area is 164 Å². The minimum atomic E-state index is -0.860. The first-order valence-corrected chi connectivity index (χ1v) is 9.81. The summed E-state index contributed by atoms with van der Waals surface area (Å²) in [5, 5.41) is 4.36. The molecule has 1 amide bonds. The molecule has 0 radical (unpaired) electrons. The first kappa shape index (κ1) is 19.6. The molecule has 1 fully saturated rings. The molecule has 1 aromatic carbocycles. The SMILES string of the molecule is Cc1nc2ccc(Cl)cc2cc1C(=O)OC(C)C(=O)NC1CCCCC1C. The van der Waals surface area contributed by atoms with Crippen LogP contribution in [0, 0.1) is 12.8 Å². The maximum atomic E-state index is 12.6. The van der Waals surface area contributed by atoms with Gasteiger partial charge in [0.2, 0.25) is 0 Å². The molecule has 27 heavy (non-hydrogen) atoms. The molecule has 3 atom stereocenters. The first-order chi connectivity index (χ1) is 12.8. The minimum absolute atomic E-state index is 0.151. The fraction of sp³-hybridized carbons (Fsp3) is 0.476. The highest BCUT2D eigenvalue weighted by atomic mass is 35.5. The Hall–Kier alpha value is -2.14. The number of carbonyl (C=O) groups is 2. The molecule has 1 aliphatic carbocycles. The van der Waals surface area contributed by atoms with Crippen LogP contribution < -0.4 is 5.32 Å². The molecule has 144 valence electrons. The fourth-order valence-corrected chi connectivity index (χ4v) is 3.74. The van der Waals surface area contributed by atoms with E-state index in [1.165, 1.54) is 6.42 Å². The molecule has 0 bridgehead atoms. The standard InChI is InChI=1S/C21H25ClN2O3/c1-12-6-4-5-7-18(12)24-20(25)14(3)27-21(26)17-11-15-10-16(22)8-9-19(15)23-13(17)2/h8-12,14,18H,4-7H2,1-3H3,(H,24,25). The van der Waals surface area contributed by atoms with Gasteiger partial charge in [-0.3, -0.25) is 9.78 Å². The molecule has 2 aromatic rings. The van der Waals surface area contributed by atoms with E-state index in [2.05, 4.69) is 17.2 Å². The van der Waals surface area contributed by atoms with Crippen molar-refractivity contribution in [3.05, 3.63) is 40.5 Å². The number of nitrogens with one attached hydrogen (secondary N) is 1. The van der Waals surface area contributed by atoms with Gasteiger partial charge in [-0.2, -0.15) is 0 Å². The Bertz CT molecular complexity index is 868. The monoisotopic (exact) mass is 388 g/mol. The third-order valence-electron chi connectivity index (χ3n) is 5.28. The predicted molar refractivity (Wildman–Crippen MR) is 106 cm³/mol. The van der Waals surface area contributed by atoms with Gasteiger partial charge in [-0.15, -0.1) is 0 Å². The lowest BCUT2D eigenvalue weighted by molar-refractivity contribution is -0.130. The molecule has 1 aromatic heterocycles. The topological polar surface area (TPSA) is 68.3 Å². The molecule has 0 spiro atoms. The molecule has 0 aliphatic heterocycles. The lowest BCUT2D eigenvalue weighted by atomic mass is 9.86. The highest BCUT2D eigenvalue weighted by Gasteiger charge is 2.27. The minimum Gasteiger partial charge on any atom is -0.449 e. The Morgan fingerprint density at radius 3 is 2.74 bits per heavy atom. The summed E-state index contributed by atoms with van der Waals surface area (Å²) < 4.78 is 5.41. The number of esters is 1. The maximum Gasteiger partial charge on any atom is 0.340 e. The van der Waals surface area contributed by atoms with Crippen molar-refractivity contribution >= 4 is 34.4 Å².